The molecule has 17 unspecified atom stereocenters. The van der Waals surface area contributed by atoms with E-state index in [-0.39, 0.29) is 146 Å². The number of nitrogens with zero attached hydrogens (tertiary/aromatic N) is 3. The molecule has 17 atom stereocenters. The van der Waals surface area contributed by atoms with Crippen LogP contribution in [0.4, 0.5) is 0 Å². The van der Waals surface area contributed by atoms with Gasteiger partial charge in [0.1, 0.15) is 73.1 Å². The van der Waals surface area contributed by atoms with E-state index in [1.54, 1.807) is 0 Å². The highest BCUT2D eigenvalue weighted by molar-refractivity contribution is 7.47. The van der Waals surface area contributed by atoms with Gasteiger partial charge in [0, 0.05) is 145 Å². The van der Waals surface area contributed by atoms with Gasteiger partial charge in [-0.1, -0.05) is 52.4 Å². The highest BCUT2D eigenvalue weighted by atomic mass is 31.2. The van der Waals surface area contributed by atoms with Gasteiger partial charge in [0.25, 0.3) is 0 Å². The molecule has 9 amide bonds. The number of ether oxygens (including phenoxy) is 7. The van der Waals surface area contributed by atoms with Gasteiger partial charge >= 0.3 is 15.6 Å². The zero-order valence-electron chi connectivity index (χ0n) is 70.8. The van der Waals surface area contributed by atoms with E-state index in [0.29, 0.717) is 135 Å². The van der Waals surface area contributed by atoms with Crippen LogP contribution in [0.3, 0.4) is 0 Å². The molecule has 45 heteroatoms. The smallest absolute Gasteiger partial charge is 0.395 e. The number of carbonyl (C=O) groups is 9. The number of aliphatic hydroxyl groups is 10. The van der Waals surface area contributed by atoms with E-state index in [1.807, 2.05) is 13.8 Å². The van der Waals surface area contributed by atoms with E-state index in [2.05, 4.69) is 31.9 Å². The number of aliphatic hydroxyl groups excluding tert-OH is 10. The summed E-state index contributed by atoms with van der Waals surface area (Å²) in [5, 5.41) is 117. The fourth-order valence-electron chi connectivity index (χ4n) is 13.1. The molecule has 0 aromatic rings. The van der Waals surface area contributed by atoms with Crippen LogP contribution >= 0.6 is 15.6 Å². The predicted octanol–water partition coefficient (Wildman–Crippen LogP) is -2.00. The number of unbranched alkanes of at least 4 members (excludes halogenated alkanes) is 12. The third-order valence-corrected chi connectivity index (χ3v) is 21.8. The molecule has 3 saturated heterocycles. The van der Waals surface area contributed by atoms with Crippen molar-refractivity contribution in [2.45, 2.75) is 281 Å². The summed E-state index contributed by atoms with van der Waals surface area (Å²) in [6, 6.07) is -3.21. The van der Waals surface area contributed by atoms with Crippen LogP contribution in [0.15, 0.2) is 0 Å². The van der Waals surface area contributed by atoms with Gasteiger partial charge < -0.3 is 141 Å². The first kappa shape index (κ1) is 110. The van der Waals surface area contributed by atoms with Crippen LogP contribution in [-0.2, 0) is 104 Å². The molecule has 0 aromatic carbocycles. The molecule has 0 bridgehead atoms. The normalized spacial score (nSPS) is 23.9. The summed E-state index contributed by atoms with van der Waals surface area (Å²) in [5.74, 6) is -2.97. The molecule has 704 valence electrons. The zero-order chi connectivity index (χ0) is 89.7. The first-order chi connectivity index (χ1) is 57.7. The van der Waals surface area contributed by atoms with Gasteiger partial charge in [-0.2, -0.15) is 0 Å². The molecule has 0 aromatic heterocycles. The summed E-state index contributed by atoms with van der Waals surface area (Å²) >= 11 is 0. The molecule has 3 aliphatic heterocycles. The molecule has 0 saturated carbocycles. The predicted molar refractivity (Wildman–Crippen MR) is 430 cm³/mol. The molecular formula is C76H141N9O34P2. The highest BCUT2D eigenvalue weighted by Gasteiger charge is 2.48. The number of phosphoric ester groups is 2. The summed E-state index contributed by atoms with van der Waals surface area (Å²) < 4.78 is 87.0. The van der Waals surface area contributed by atoms with E-state index in [0.717, 1.165) is 0 Å². The Morgan fingerprint density at radius 3 is 0.884 bits per heavy atom. The molecule has 121 heavy (non-hydrogen) atoms. The zero-order valence-corrected chi connectivity index (χ0v) is 72.6. The molecule has 43 nitrogen and oxygen atoms in total. The average molecular weight is 1790 g/mol. The molecule has 0 radical (unpaired) electrons. The summed E-state index contributed by atoms with van der Waals surface area (Å²) in [5.41, 5.74) is 0. The topological polar surface area (TPSA) is 614 Å². The van der Waals surface area contributed by atoms with E-state index < -0.39 is 184 Å². The maximum Gasteiger partial charge on any atom is 0.472 e. The summed E-state index contributed by atoms with van der Waals surface area (Å²) in [6.07, 6.45) is -5.42. The van der Waals surface area contributed by atoms with Crippen molar-refractivity contribution in [2.75, 3.05) is 145 Å². The van der Waals surface area contributed by atoms with Crippen LogP contribution in [0.25, 0.3) is 0 Å². The SMILES string of the molecule is CC(=O)NC1C(OCCCCCC(=O)NCCCCCC(=O)N(CCO)CCOP(=O)(O)OCCN(CCOP(=O)(O)OCCN(CCOCC(C)C)C(=O)CCCCCNC(=O)CCCCCOC2OC(CO)C(O)C(O)C2NC(C)=O)C(=O)CCCCCNC(=O)CCCCCOC2OC(CO)C(O)C(O)C2NC(C)=O)OC(CO)C(O)C1O. The Labute approximate surface area is 708 Å². The van der Waals surface area contributed by atoms with Crippen molar-refractivity contribution in [3.8, 4) is 0 Å². The van der Waals surface area contributed by atoms with E-state index in [4.69, 9.17) is 51.3 Å². The third kappa shape index (κ3) is 46.7. The van der Waals surface area contributed by atoms with E-state index in [9.17, 15) is 113 Å². The minimum absolute atomic E-state index is 0.0538. The molecule has 18 N–H and O–H groups in total. The van der Waals surface area contributed by atoms with Crippen LogP contribution in [0.5, 0.6) is 0 Å². The van der Waals surface area contributed by atoms with Crippen molar-refractivity contribution in [3.05, 3.63) is 0 Å². The lowest BCUT2D eigenvalue weighted by molar-refractivity contribution is -0.270. The highest BCUT2D eigenvalue weighted by Crippen LogP contribution is 2.44. The number of hydrogen-bond acceptors (Lipinski definition) is 32. The lowest BCUT2D eigenvalue weighted by atomic mass is 9.97. The van der Waals surface area contributed by atoms with Gasteiger partial charge in [-0.3, -0.25) is 61.2 Å². The van der Waals surface area contributed by atoms with Gasteiger partial charge in [0.2, 0.25) is 53.2 Å². The second-order valence-electron chi connectivity index (χ2n) is 30.4. The fourth-order valence-corrected chi connectivity index (χ4v) is 14.5. The van der Waals surface area contributed by atoms with Crippen LogP contribution < -0.4 is 31.9 Å². The summed E-state index contributed by atoms with van der Waals surface area (Å²) in [4.78, 5) is 139. The first-order valence-corrected chi connectivity index (χ1v) is 45.3. The van der Waals surface area contributed by atoms with Gasteiger partial charge in [0.15, 0.2) is 18.9 Å². The van der Waals surface area contributed by atoms with Crippen LogP contribution in [0.2, 0.25) is 0 Å². The monoisotopic (exact) mass is 1790 g/mol. The Bertz CT molecular complexity index is 3060. The lowest BCUT2D eigenvalue weighted by Crippen LogP contribution is -2.64. The van der Waals surface area contributed by atoms with Crippen LogP contribution in [-0.4, -0.2) is 365 Å². The number of phosphoric acid groups is 2. The van der Waals surface area contributed by atoms with Crippen molar-refractivity contribution in [3.63, 3.8) is 0 Å². The number of hydrogen-bond donors (Lipinski definition) is 18. The summed E-state index contributed by atoms with van der Waals surface area (Å²) in [7, 11) is -9.71. The Hall–Kier alpha value is -5.23. The largest absolute Gasteiger partial charge is 0.472 e. The van der Waals surface area contributed by atoms with Crippen LogP contribution in [0.1, 0.15) is 189 Å². The van der Waals surface area contributed by atoms with Crippen LogP contribution in [0, 0.1) is 5.92 Å². The molecule has 0 spiro atoms. The van der Waals surface area contributed by atoms with Crippen molar-refractivity contribution in [1.29, 1.82) is 0 Å². The third-order valence-electron chi connectivity index (χ3n) is 19.8. The molecule has 3 fully saturated rings. The quantitative estimate of drug-likeness (QED) is 0.0231. The number of carbonyl (C=O) groups excluding carboxylic acids is 9. The summed E-state index contributed by atoms with van der Waals surface area (Å²) in [6.45, 7) is 4.37. The minimum Gasteiger partial charge on any atom is -0.395 e. The standard InChI is InChI=1S/C76H141N9O34P2/c1-52(2)51-109-43-34-84(63(97)28-16-7-19-31-78-60(94)25-13-10-22-41-111-75-66(81-54(4)91)72(103)69(100)57(49-88)118-75)36-45-114-121(107,108)116-47-38-85(64(98)29-17-8-20-32-79-61(95)26-14-11-23-42-112-76-67(82-55(5)92)73(104)70(101)58(50-89)119-76)37-46-115-120(105,106)113-44-35-83(33-39-86)62(96)27-15-6-18-30-77-59(93)24-12-9-21-40-110-74-65(80-53(3)90)71(102)68(99)56(48-87)117-74/h52,56-58,65-76,86-89,99-104H,6-51H2,1-5H3,(H,77,93)(H,78,94)(H,79,95)(H,80,90)(H,81,91)(H,82,92)(H,105,106)(H,107,108). The maximum atomic E-state index is 13.8. The molecular weight excluding hydrogens is 1640 g/mol. The number of nitrogens with one attached hydrogen (secondary N) is 6. The molecule has 3 heterocycles. The van der Waals surface area contributed by atoms with E-state index >= 15 is 0 Å². The molecule has 3 rings (SSSR count). The average Bonchev–Trinajstić information content (AvgIpc) is 0.817. The Morgan fingerprint density at radius 1 is 0.355 bits per heavy atom. The van der Waals surface area contributed by atoms with Crippen molar-refractivity contribution in [1.82, 2.24) is 46.6 Å². The Balaban J connectivity index is 1.48. The van der Waals surface area contributed by atoms with Gasteiger partial charge in [-0.15, -0.1) is 0 Å². The molecule has 3 aliphatic rings. The van der Waals surface area contributed by atoms with Gasteiger partial charge in [-0.05, 0) is 83.0 Å². The molecule has 0 aliphatic carbocycles. The van der Waals surface area contributed by atoms with Crippen molar-refractivity contribution >= 4 is 68.8 Å². The maximum absolute atomic E-state index is 13.8. The second kappa shape index (κ2) is 62.8. The fraction of sp³-hybridized carbons (Fsp3) is 0.882. The van der Waals surface area contributed by atoms with E-state index in [1.165, 1.54) is 35.5 Å². The minimum atomic E-state index is -4.86. The Kier molecular flexibility index (Phi) is 57.1. The number of amides is 9. The Morgan fingerprint density at radius 2 is 0.620 bits per heavy atom. The first-order valence-electron chi connectivity index (χ1n) is 42.3. The van der Waals surface area contributed by atoms with Crippen molar-refractivity contribution < 1.29 is 164 Å². The van der Waals surface area contributed by atoms with Crippen molar-refractivity contribution in [2.24, 2.45) is 5.92 Å². The van der Waals surface area contributed by atoms with Gasteiger partial charge in [-0.25, -0.2) is 9.13 Å². The number of rotatable bonds is 68. The lowest BCUT2D eigenvalue weighted by Gasteiger charge is -2.42. The second-order valence-corrected chi connectivity index (χ2v) is 33.3. The van der Waals surface area contributed by atoms with Gasteiger partial charge in [0.05, 0.1) is 59.5 Å².